The van der Waals surface area contributed by atoms with Crippen LogP contribution in [-0.2, 0) is 14.3 Å². The molecule has 0 N–H and O–H groups in total. The van der Waals surface area contributed by atoms with Crippen LogP contribution < -0.4 is 0 Å². The van der Waals surface area contributed by atoms with Crippen molar-refractivity contribution in [1.29, 1.82) is 0 Å². The van der Waals surface area contributed by atoms with E-state index < -0.39 is 0 Å². The molecule has 0 aromatic heterocycles. The third-order valence-electron chi connectivity index (χ3n) is 5.98. The maximum absolute atomic E-state index is 13.1. The number of likely N-dealkylation sites (tertiary alicyclic amines) is 2. The smallest absolute Gasteiger partial charge is 0.232 e. The first-order chi connectivity index (χ1) is 11.6. The van der Waals surface area contributed by atoms with Crippen LogP contribution in [-0.4, -0.2) is 73.0 Å². The molecule has 3 aliphatic heterocycles. The summed E-state index contributed by atoms with van der Waals surface area (Å²) in [4.78, 5) is 29.3. The van der Waals surface area contributed by atoms with Gasteiger partial charge in [-0.2, -0.15) is 11.8 Å². The summed E-state index contributed by atoms with van der Waals surface area (Å²) in [6.45, 7) is 5.04. The van der Waals surface area contributed by atoms with E-state index in [4.69, 9.17) is 4.74 Å². The number of thioether (sulfide) groups is 1. The van der Waals surface area contributed by atoms with Crippen LogP contribution in [0.2, 0.25) is 0 Å². The van der Waals surface area contributed by atoms with Crippen molar-refractivity contribution in [2.24, 2.45) is 11.3 Å². The van der Waals surface area contributed by atoms with Gasteiger partial charge in [-0.3, -0.25) is 9.59 Å². The molecule has 0 aromatic rings. The van der Waals surface area contributed by atoms with Gasteiger partial charge in [-0.05, 0) is 50.7 Å². The van der Waals surface area contributed by atoms with E-state index >= 15 is 0 Å². The van der Waals surface area contributed by atoms with Gasteiger partial charge in [-0.15, -0.1) is 0 Å². The van der Waals surface area contributed by atoms with Crippen molar-refractivity contribution in [2.75, 3.05) is 51.4 Å². The van der Waals surface area contributed by atoms with Gasteiger partial charge in [0.2, 0.25) is 11.8 Å². The van der Waals surface area contributed by atoms with Crippen LogP contribution in [0.15, 0.2) is 0 Å². The Morgan fingerprint density at radius 2 is 1.96 bits per heavy atom. The van der Waals surface area contributed by atoms with Gasteiger partial charge in [-0.25, -0.2) is 0 Å². The van der Waals surface area contributed by atoms with Gasteiger partial charge < -0.3 is 14.5 Å². The summed E-state index contributed by atoms with van der Waals surface area (Å²) < 4.78 is 5.43. The quantitative estimate of drug-likeness (QED) is 0.775. The molecule has 3 rings (SSSR count). The molecule has 2 amide bonds. The highest BCUT2D eigenvalue weighted by Crippen LogP contribution is 2.42. The molecular formula is C18H30N2O3S. The lowest BCUT2D eigenvalue weighted by molar-refractivity contribution is -0.138. The molecule has 0 bridgehead atoms. The Kier molecular flexibility index (Phi) is 6.08. The van der Waals surface area contributed by atoms with E-state index in [2.05, 4.69) is 4.90 Å². The number of rotatable bonds is 4. The Balaban J connectivity index is 1.57. The Morgan fingerprint density at radius 1 is 1.21 bits per heavy atom. The van der Waals surface area contributed by atoms with Crippen LogP contribution in [0.5, 0.6) is 0 Å². The second-order valence-corrected chi connectivity index (χ2v) is 8.37. The molecule has 24 heavy (non-hydrogen) atoms. The molecule has 0 radical (unpaired) electrons. The normalized spacial score (nSPS) is 29.3. The van der Waals surface area contributed by atoms with Crippen LogP contribution in [0.1, 0.15) is 38.5 Å². The zero-order valence-corrected chi connectivity index (χ0v) is 15.6. The van der Waals surface area contributed by atoms with Gasteiger partial charge in [0.05, 0.1) is 11.2 Å². The zero-order valence-electron chi connectivity index (χ0n) is 14.8. The zero-order chi connectivity index (χ0) is 17.0. The summed E-state index contributed by atoms with van der Waals surface area (Å²) in [6.07, 6.45) is 7.83. The van der Waals surface area contributed by atoms with Gasteiger partial charge in [0.25, 0.3) is 0 Å². The fourth-order valence-corrected chi connectivity index (χ4v) is 4.86. The van der Waals surface area contributed by atoms with Crippen LogP contribution in [0.4, 0.5) is 0 Å². The lowest BCUT2D eigenvalue weighted by Crippen LogP contribution is -2.39. The van der Waals surface area contributed by atoms with Crippen molar-refractivity contribution >= 4 is 23.6 Å². The molecule has 3 saturated heterocycles. The molecule has 1 spiro atoms. The van der Waals surface area contributed by atoms with Crippen molar-refractivity contribution in [3.05, 3.63) is 0 Å². The van der Waals surface area contributed by atoms with Crippen LogP contribution in [0.25, 0.3) is 0 Å². The monoisotopic (exact) mass is 354 g/mol. The van der Waals surface area contributed by atoms with Crippen LogP contribution in [0, 0.1) is 11.3 Å². The summed E-state index contributed by atoms with van der Waals surface area (Å²) in [5.41, 5.74) is -0.195. The highest BCUT2D eigenvalue weighted by atomic mass is 32.2. The van der Waals surface area contributed by atoms with Gasteiger partial charge in [0.1, 0.15) is 0 Å². The van der Waals surface area contributed by atoms with Gasteiger partial charge in [-0.1, -0.05) is 0 Å². The van der Waals surface area contributed by atoms with Gasteiger partial charge >= 0.3 is 0 Å². The molecule has 136 valence electrons. The number of amides is 2. The van der Waals surface area contributed by atoms with Gasteiger partial charge in [0, 0.05) is 39.4 Å². The first kappa shape index (κ1) is 18.1. The van der Waals surface area contributed by atoms with E-state index in [9.17, 15) is 9.59 Å². The second-order valence-electron chi connectivity index (χ2n) is 7.50. The van der Waals surface area contributed by atoms with Crippen molar-refractivity contribution in [1.82, 2.24) is 9.80 Å². The second kappa shape index (κ2) is 8.09. The lowest BCUT2D eigenvalue weighted by atomic mass is 9.79. The SMILES string of the molecule is CSCC(=O)N1CCC[C@]2(CC1)CCN(CC1CCOCC1)C2=O. The Bertz CT molecular complexity index is 467. The molecule has 1 atom stereocenters. The third kappa shape index (κ3) is 3.90. The maximum atomic E-state index is 13.1. The third-order valence-corrected chi connectivity index (χ3v) is 6.52. The number of carbonyl (C=O) groups excluding carboxylic acids is 2. The largest absolute Gasteiger partial charge is 0.381 e. The molecule has 0 saturated carbocycles. The average molecular weight is 355 g/mol. The molecule has 0 unspecified atom stereocenters. The van der Waals surface area contributed by atoms with Crippen LogP contribution in [0.3, 0.4) is 0 Å². The highest BCUT2D eigenvalue weighted by molar-refractivity contribution is 7.99. The summed E-state index contributed by atoms with van der Waals surface area (Å²) in [7, 11) is 0. The molecule has 3 heterocycles. The van der Waals surface area contributed by atoms with E-state index in [1.807, 2.05) is 11.2 Å². The number of carbonyl (C=O) groups is 2. The maximum Gasteiger partial charge on any atom is 0.232 e. The molecule has 3 aliphatic rings. The standard InChI is InChI=1S/C18H30N2O3S/c1-24-14-16(21)19-8-2-5-18(6-9-19)7-10-20(17(18)22)13-15-3-11-23-12-4-15/h15H,2-14H2,1H3/t18-/m0/s1. The fourth-order valence-electron chi connectivity index (χ4n) is 4.43. The van der Waals surface area contributed by atoms with E-state index in [-0.39, 0.29) is 11.3 Å². The molecular weight excluding hydrogens is 324 g/mol. The van der Waals surface area contributed by atoms with Gasteiger partial charge in [0.15, 0.2) is 0 Å². The molecule has 5 nitrogen and oxygen atoms in total. The Hall–Kier alpha value is -0.750. The first-order valence-electron chi connectivity index (χ1n) is 9.28. The molecule has 0 aromatic carbocycles. The number of ether oxygens (including phenoxy) is 1. The number of hydrogen-bond acceptors (Lipinski definition) is 4. The highest BCUT2D eigenvalue weighted by Gasteiger charge is 2.47. The first-order valence-corrected chi connectivity index (χ1v) is 10.7. The average Bonchev–Trinajstić information content (AvgIpc) is 2.77. The minimum absolute atomic E-state index is 0.195. The molecule has 0 aliphatic carbocycles. The molecule has 3 fully saturated rings. The van der Waals surface area contributed by atoms with Crippen molar-refractivity contribution < 1.29 is 14.3 Å². The summed E-state index contributed by atoms with van der Waals surface area (Å²) in [6, 6.07) is 0. The van der Waals surface area contributed by atoms with E-state index in [1.165, 1.54) is 0 Å². The predicted molar refractivity (Wildman–Crippen MR) is 96.0 cm³/mol. The summed E-state index contributed by atoms with van der Waals surface area (Å²) in [5.74, 6) is 1.73. The Morgan fingerprint density at radius 3 is 2.71 bits per heavy atom. The lowest BCUT2D eigenvalue weighted by Gasteiger charge is -2.30. The van der Waals surface area contributed by atoms with E-state index in [0.717, 1.165) is 77.9 Å². The predicted octanol–water partition coefficient (Wildman–Crippen LogP) is 2.01. The minimum Gasteiger partial charge on any atom is -0.381 e. The van der Waals surface area contributed by atoms with E-state index in [0.29, 0.717) is 17.6 Å². The Labute approximate surface area is 149 Å². The fraction of sp³-hybridized carbons (Fsp3) is 0.889. The van der Waals surface area contributed by atoms with Crippen molar-refractivity contribution in [3.8, 4) is 0 Å². The summed E-state index contributed by atoms with van der Waals surface area (Å²) >= 11 is 1.58. The van der Waals surface area contributed by atoms with E-state index in [1.54, 1.807) is 11.8 Å². The topological polar surface area (TPSA) is 49.9 Å². The van der Waals surface area contributed by atoms with Crippen molar-refractivity contribution in [3.63, 3.8) is 0 Å². The van der Waals surface area contributed by atoms with Crippen molar-refractivity contribution in [2.45, 2.75) is 38.5 Å². The number of nitrogens with zero attached hydrogens (tertiary/aromatic N) is 2. The summed E-state index contributed by atoms with van der Waals surface area (Å²) in [5, 5.41) is 0. The van der Waals surface area contributed by atoms with Crippen LogP contribution >= 0.6 is 11.8 Å². The molecule has 6 heteroatoms. The minimum atomic E-state index is -0.195. The number of hydrogen-bond donors (Lipinski definition) is 0.